The predicted octanol–water partition coefficient (Wildman–Crippen LogP) is 8.66. The zero-order valence-electron chi connectivity index (χ0n) is 19.4. The van der Waals surface area contributed by atoms with Crippen LogP contribution in [0.3, 0.4) is 0 Å². The molecule has 34 heavy (non-hydrogen) atoms. The van der Waals surface area contributed by atoms with Gasteiger partial charge in [-0.3, -0.25) is 0 Å². The SMILES string of the molecule is C[Si](C)=[Zr]([CH]1C=C(c2ccccc2)c2ccccc21)[CH]1c2ccccc2-c2ccccc21.Cl.Cl. The number of fused-ring (bicyclic) bond motifs is 4. The number of halogens is 2. The fourth-order valence-corrected chi connectivity index (χ4v) is 25.1. The molecule has 0 radical (unpaired) electrons. The molecular formula is C30H28Cl2SiZr. The van der Waals surface area contributed by atoms with Gasteiger partial charge in [-0.1, -0.05) is 0 Å². The van der Waals surface area contributed by atoms with Crippen LogP contribution in [0.25, 0.3) is 16.7 Å². The van der Waals surface area contributed by atoms with Gasteiger partial charge in [-0.25, -0.2) is 0 Å². The zero-order valence-corrected chi connectivity index (χ0v) is 24.5. The third-order valence-corrected chi connectivity index (χ3v) is 26.2. The van der Waals surface area contributed by atoms with E-state index in [0.717, 1.165) is 0 Å². The Kier molecular flexibility index (Phi) is 7.85. The van der Waals surface area contributed by atoms with Gasteiger partial charge in [0.25, 0.3) is 0 Å². The van der Waals surface area contributed by atoms with Gasteiger partial charge >= 0.3 is 200 Å². The maximum Gasteiger partial charge on any atom is -0.147 e. The first-order chi connectivity index (χ1) is 15.7. The van der Waals surface area contributed by atoms with Crippen molar-refractivity contribution in [3.05, 3.63) is 137 Å². The third-order valence-electron chi connectivity index (χ3n) is 7.06. The molecule has 0 heterocycles. The van der Waals surface area contributed by atoms with E-state index in [4.69, 9.17) is 0 Å². The molecule has 0 nitrogen and oxygen atoms in total. The van der Waals surface area contributed by atoms with E-state index in [1.54, 1.807) is 16.7 Å². The first-order valence-corrected chi connectivity index (χ1v) is 20.5. The summed E-state index contributed by atoms with van der Waals surface area (Å²) in [6, 6.07) is 38.7. The summed E-state index contributed by atoms with van der Waals surface area (Å²) in [5.41, 5.74) is 11.6. The second-order valence-corrected chi connectivity index (χ2v) is 27.1. The van der Waals surface area contributed by atoms with Crippen molar-refractivity contribution in [2.75, 3.05) is 0 Å². The fraction of sp³-hybridized carbons (Fsp3) is 0.133. The zero-order chi connectivity index (χ0) is 21.7. The minimum atomic E-state index is -2.03. The van der Waals surface area contributed by atoms with Gasteiger partial charge in [0, 0.05) is 0 Å². The standard InChI is InChI=1S/C15H11.C13H9.C2H6Si.2ClH.Zr/c1-2-6-12(7-3-1)15-11-10-13-8-4-5-9-14(13)15;1-3-7-12-10(5-1)9-11-6-2-4-8-13(11)12;1-3-2;;;/h1-11H;1-9H;1-2H3;2*1H;. The quantitative estimate of drug-likeness (QED) is 0.214. The first kappa shape index (κ1) is 25.4. The summed E-state index contributed by atoms with van der Waals surface area (Å²) < 4.78 is 1.29. The van der Waals surface area contributed by atoms with Crippen molar-refractivity contribution in [1.29, 1.82) is 0 Å². The molecule has 1 unspecified atom stereocenters. The van der Waals surface area contributed by atoms with Crippen molar-refractivity contribution in [2.24, 2.45) is 0 Å². The molecule has 1 atom stereocenters. The van der Waals surface area contributed by atoms with Crippen molar-refractivity contribution in [2.45, 2.75) is 20.3 Å². The Morgan fingerprint density at radius 1 is 0.559 bits per heavy atom. The van der Waals surface area contributed by atoms with E-state index in [9.17, 15) is 0 Å². The fourth-order valence-electron chi connectivity index (χ4n) is 5.76. The van der Waals surface area contributed by atoms with E-state index >= 15 is 0 Å². The molecule has 4 aromatic rings. The molecule has 0 saturated carbocycles. The molecule has 4 aromatic carbocycles. The summed E-state index contributed by atoms with van der Waals surface area (Å²) in [5.74, 6) is 0. The van der Waals surface area contributed by atoms with Crippen LogP contribution in [0.15, 0.2) is 109 Å². The van der Waals surface area contributed by atoms with E-state index in [2.05, 4.69) is 122 Å². The van der Waals surface area contributed by atoms with Gasteiger partial charge in [-0.2, -0.15) is 0 Å². The van der Waals surface area contributed by atoms with E-state index in [1.807, 2.05) is 0 Å². The molecule has 0 saturated heterocycles. The maximum absolute atomic E-state index is 2.68. The van der Waals surface area contributed by atoms with Crippen molar-refractivity contribution in [1.82, 2.24) is 0 Å². The molecule has 4 heteroatoms. The Morgan fingerprint density at radius 3 is 1.59 bits per heavy atom. The number of benzene rings is 4. The molecule has 0 N–H and O–H groups in total. The van der Waals surface area contributed by atoms with E-state index in [-0.39, 0.29) is 24.8 Å². The molecule has 170 valence electrons. The van der Waals surface area contributed by atoms with Crippen LogP contribution in [0.4, 0.5) is 0 Å². The van der Waals surface area contributed by atoms with Crippen LogP contribution in [-0.4, -0.2) is 5.43 Å². The molecule has 6 rings (SSSR count). The molecule has 0 spiro atoms. The number of hydrogen-bond acceptors (Lipinski definition) is 0. The average Bonchev–Trinajstić information content (AvgIpc) is 3.37. The molecule has 0 aromatic heterocycles. The average molecular weight is 579 g/mol. The molecule has 0 bridgehead atoms. The monoisotopic (exact) mass is 576 g/mol. The Labute approximate surface area is 223 Å². The van der Waals surface area contributed by atoms with Crippen molar-refractivity contribution in [3.8, 4) is 11.1 Å². The summed E-state index contributed by atoms with van der Waals surface area (Å²) >= 11 is -2.03. The number of allylic oxidation sites excluding steroid dienone is 1. The van der Waals surface area contributed by atoms with Gasteiger partial charge in [-0.15, -0.1) is 24.8 Å². The van der Waals surface area contributed by atoms with Crippen LogP contribution in [0.2, 0.25) is 13.1 Å². The Morgan fingerprint density at radius 2 is 1.03 bits per heavy atom. The number of hydrogen-bond donors (Lipinski definition) is 0. The van der Waals surface area contributed by atoms with E-state index in [0.29, 0.717) is 7.25 Å². The minimum absolute atomic E-state index is 0. The topological polar surface area (TPSA) is 0 Å². The predicted molar refractivity (Wildman–Crippen MR) is 148 cm³/mol. The summed E-state index contributed by atoms with van der Waals surface area (Å²) in [6.07, 6.45) is 2.68. The Balaban J connectivity index is 0.00000137. The second-order valence-electron chi connectivity index (χ2n) is 9.07. The van der Waals surface area contributed by atoms with Crippen LogP contribution < -0.4 is 0 Å². The van der Waals surface area contributed by atoms with Gasteiger partial charge in [0.15, 0.2) is 0 Å². The van der Waals surface area contributed by atoms with Gasteiger partial charge < -0.3 is 0 Å². The second kappa shape index (κ2) is 10.5. The van der Waals surface area contributed by atoms with E-state index < -0.39 is 25.8 Å². The summed E-state index contributed by atoms with van der Waals surface area (Å²) in [6.45, 7) is 5.19. The Hall–Kier alpha value is -1.70. The van der Waals surface area contributed by atoms with Crippen LogP contribution in [0, 0.1) is 0 Å². The van der Waals surface area contributed by atoms with Gasteiger partial charge in [-0.05, 0) is 0 Å². The van der Waals surface area contributed by atoms with Crippen molar-refractivity contribution in [3.63, 3.8) is 0 Å². The summed E-state index contributed by atoms with van der Waals surface area (Å²) in [7, 11) is 0. The van der Waals surface area contributed by atoms with Crippen molar-refractivity contribution >= 4 is 35.8 Å². The molecule has 0 fully saturated rings. The summed E-state index contributed by atoms with van der Waals surface area (Å²) in [4.78, 5) is 0. The molecular weight excluding hydrogens is 551 g/mol. The normalized spacial score (nSPS) is 15.2. The van der Waals surface area contributed by atoms with Crippen LogP contribution in [0.5, 0.6) is 0 Å². The van der Waals surface area contributed by atoms with Crippen LogP contribution in [0.1, 0.15) is 35.1 Å². The molecule has 2 aliphatic carbocycles. The Bertz CT molecular complexity index is 1360. The van der Waals surface area contributed by atoms with Crippen LogP contribution in [-0.2, 0) is 20.4 Å². The molecule has 0 aliphatic heterocycles. The minimum Gasteiger partial charge on any atom is -0.147 e. The van der Waals surface area contributed by atoms with Gasteiger partial charge in [0.2, 0.25) is 0 Å². The summed E-state index contributed by atoms with van der Waals surface area (Å²) in [5, 5.41) is 0. The van der Waals surface area contributed by atoms with Crippen molar-refractivity contribution < 1.29 is 20.4 Å². The maximum atomic E-state index is 2.68. The first-order valence-electron chi connectivity index (χ1n) is 11.5. The molecule has 0 amide bonds. The smallest absolute Gasteiger partial charge is 0.147 e. The number of rotatable bonds is 3. The van der Waals surface area contributed by atoms with Gasteiger partial charge in [0.1, 0.15) is 0 Å². The third kappa shape index (κ3) is 4.14. The van der Waals surface area contributed by atoms with Gasteiger partial charge in [0.05, 0.1) is 0 Å². The van der Waals surface area contributed by atoms with Crippen LogP contribution >= 0.6 is 24.8 Å². The van der Waals surface area contributed by atoms with E-state index in [1.165, 1.54) is 27.8 Å². The largest absolute Gasteiger partial charge is 0.147 e. The molecule has 2 aliphatic rings.